The van der Waals surface area contributed by atoms with E-state index in [9.17, 15) is 0 Å². The minimum atomic E-state index is 0.445. The second-order valence-corrected chi connectivity index (χ2v) is 4.72. The zero-order valence-electron chi connectivity index (χ0n) is 10.00. The highest BCUT2D eigenvalue weighted by Gasteiger charge is 2.27. The molecule has 1 heterocycles. The zero-order chi connectivity index (χ0) is 10.6. The highest BCUT2D eigenvalue weighted by atomic mass is 15.2. The lowest BCUT2D eigenvalue weighted by Crippen LogP contribution is -2.50. The van der Waals surface area contributed by atoms with Crippen molar-refractivity contribution in [1.82, 2.24) is 4.90 Å². The molecule has 0 radical (unpaired) electrons. The smallest absolute Gasteiger partial charge is 0.00953 e. The third-order valence-electron chi connectivity index (χ3n) is 3.53. The summed E-state index contributed by atoms with van der Waals surface area (Å²) in [6.07, 6.45) is 6.29. The van der Waals surface area contributed by atoms with Gasteiger partial charge < -0.3 is 5.73 Å². The van der Waals surface area contributed by atoms with Crippen LogP contribution in [0.25, 0.3) is 0 Å². The van der Waals surface area contributed by atoms with Gasteiger partial charge in [-0.25, -0.2) is 0 Å². The summed E-state index contributed by atoms with van der Waals surface area (Å²) >= 11 is 0. The summed E-state index contributed by atoms with van der Waals surface area (Å²) in [7, 11) is 0. The molecule has 0 aromatic carbocycles. The van der Waals surface area contributed by atoms with Crippen molar-refractivity contribution in [2.75, 3.05) is 6.54 Å². The van der Waals surface area contributed by atoms with Crippen molar-refractivity contribution in [1.29, 1.82) is 0 Å². The van der Waals surface area contributed by atoms with Gasteiger partial charge in [0.1, 0.15) is 0 Å². The van der Waals surface area contributed by atoms with E-state index in [2.05, 4.69) is 25.7 Å². The third-order valence-corrected chi connectivity index (χ3v) is 3.53. The van der Waals surface area contributed by atoms with Crippen LogP contribution >= 0.6 is 0 Å². The molecule has 1 rings (SSSR count). The lowest BCUT2D eigenvalue weighted by molar-refractivity contribution is 0.0877. The summed E-state index contributed by atoms with van der Waals surface area (Å²) in [5, 5.41) is 0. The Bertz CT molecular complexity index is 158. The first-order chi connectivity index (χ1) is 6.69. The number of likely N-dealkylation sites (tertiary alicyclic amines) is 1. The normalized spacial score (nSPS) is 31.7. The molecule has 0 aromatic rings. The van der Waals surface area contributed by atoms with Gasteiger partial charge >= 0.3 is 0 Å². The van der Waals surface area contributed by atoms with Crippen LogP contribution in [0, 0.1) is 0 Å². The number of nitrogens with two attached hydrogens (primary N) is 1. The SMILES string of the molecule is CCCC(CC)N1CCC(N)CC1C. The molecular formula is C12H26N2. The maximum atomic E-state index is 5.98. The Morgan fingerprint density at radius 3 is 2.64 bits per heavy atom. The van der Waals surface area contributed by atoms with E-state index >= 15 is 0 Å². The molecule has 0 saturated carbocycles. The van der Waals surface area contributed by atoms with Crippen LogP contribution in [0.4, 0.5) is 0 Å². The number of nitrogens with zero attached hydrogens (tertiary/aromatic N) is 1. The van der Waals surface area contributed by atoms with Crippen molar-refractivity contribution in [2.24, 2.45) is 5.73 Å². The molecule has 2 nitrogen and oxygen atoms in total. The van der Waals surface area contributed by atoms with Gasteiger partial charge in [-0.1, -0.05) is 20.3 Å². The van der Waals surface area contributed by atoms with E-state index in [0.29, 0.717) is 12.1 Å². The molecule has 2 N–H and O–H groups in total. The van der Waals surface area contributed by atoms with Crippen molar-refractivity contribution in [3.05, 3.63) is 0 Å². The molecule has 0 aromatic heterocycles. The average Bonchev–Trinajstić information content (AvgIpc) is 2.15. The van der Waals surface area contributed by atoms with E-state index in [1.54, 1.807) is 0 Å². The molecule has 0 spiro atoms. The van der Waals surface area contributed by atoms with Crippen LogP contribution < -0.4 is 5.73 Å². The predicted octanol–water partition coefficient (Wildman–Crippen LogP) is 2.38. The molecule has 1 saturated heterocycles. The Hall–Kier alpha value is -0.0800. The summed E-state index contributed by atoms with van der Waals surface area (Å²) in [6.45, 7) is 8.13. The van der Waals surface area contributed by atoms with Crippen LogP contribution in [0.1, 0.15) is 52.9 Å². The zero-order valence-corrected chi connectivity index (χ0v) is 10.00. The molecule has 1 aliphatic rings. The standard InChI is InChI=1S/C12H26N2/c1-4-6-12(5-2)14-8-7-11(13)9-10(14)3/h10-12H,4-9,13H2,1-3H3. The molecule has 84 valence electrons. The number of hydrogen-bond donors (Lipinski definition) is 1. The van der Waals surface area contributed by atoms with E-state index in [1.165, 1.54) is 38.6 Å². The predicted molar refractivity (Wildman–Crippen MR) is 62.4 cm³/mol. The van der Waals surface area contributed by atoms with Crippen molar-refractivity contribution in [2.45, 2.75) is 71.0 Å². The topological polar surface area (TPSA) is 29.3 Å². The van der Waals surface area contributed by atoms with Crippen LogP contribution in [0.3, 0.4) is 0 Å². The number of rotatable bonds is 4. The van der Waals surface area contributed by atoms with E-state index < -0.39 is 0 Å². The van der Waals surface area contributed by atoms with E-state index in [0.717, 1.165) is 6.04 Å². The fourth-order valence-electron chi connectivity index (χ4n) is 2.71. The highest BCUT2D eigenvalue weighted by Crippen LogP contribution is 2.22. The number of hydrogen-bond acceptors (Lipinski definition) is 2. The molecular weight excluding hydrogens is 172 g/mol. The van der Waals surface area contributed by atoms with Gasteiger partial charge in [0.25, 0.3) is 0 Å². The lowest BCUT2D eigenvalue weighted by atomic mass is 9.95. The summed E-state index contributed by atoms with van der Waals surface area (Å²) in [5.74, 6) is 0. The van der Waals surface area contributed by atoms with Gasteiger partial charge in [-0.05, 0) is 32.6 Å². The lowest BCUT2D eigenvalue weighted by Gasteiger charge is -2.41. The maximum Gasteiger partial charge on any atom is 0.00953 e. The molecule has 1 aliphatic heterocycles. The van der Waals surface area contributed by atoms with Crippen LogP contribution in [0.15, 0.2) is 0 Å². The van der Waals surface area contributed by atoms with Gasteiger partial charge in [0.15, 0.2) is 0 Å². The van der Waals surface area contributed by atoms with Crippen LogP contribution in [-0.4, -0.2) is 29.6 Å². The first kappa shape index (κ1) is 12.0. The molecule has 0 aliphatic carbocycles. The molecule has 1 fully saturated rings. The second kappa shape index (κ2) is 5.72. The Kier molecular flexibility index (Phi) is 4.90. The molecule has 3 atom stereocenters. The van der Waals surface area contributed by atoms with E-state index in [-0.39, 0.29) is 0 Å². The molecule has 14 heavy (non-hydrogen) atoms. The van der Waals surface area contributed by atoms with Gasteiger partial charge in [0.2, 0.25) is 0 Å². The second-order valence-electron chi connectivity index (χ2n) is 4.72. The summed E-state index contributed by atoms with van der Waals surface area (Å²) in [4.78, 5) is 2.67. The molecule has 0 amide bonds. The van der Waals surface area contributed by atoms with Gasteiger partial charge in [-0.3, -0.25) is 4.90 Å². The quantitative estimate of drug-likeness (QED) is 0.751. The average molecular weight is 198 g/mol. The summed E-state index contributed by atoms with van der Waals surface area (Å²) < 4.78 is 0. The minimum Gasteiger partial charge on any atom is -0.328 e. The summed E-state index contributed by atoms with van der Waals surface area (Å²) in [5.41, 5.74) is 5.98. The van der Waals surface area contributed by atoms with Gasteiger partial charge in [0, 0.05) is 24.7 Å². The van der Waals surface area contributed by atoms with Gasteiger partial charge in [0.05, 0.1) is 0 Å². The van der Waals surface area contributed by atoms with Crippen molar-refractivity contribution < 1.29 is 0 Å². The van der Waals surface area contributed by atoms with Crippen molar-refractivity contribution >= 4 is 0 Å². The van der Waals surface area contributed by atoms with Gasteiger partial charge in [-0.2, -0.15) is 0 Å². The third kappa shape index (κ3) is 2.96. The van der Waals surface area contributed by atoms with E-state index in [4.69, 9.17) is 5.73 Å². The Balaban J connectivity index is 2.48. The van der Waals surface area contributed by atoms with Gasteiger partial charge in [-0.15, -0.1) is 0 Å². The maximum absolute atomic E-state index is 5.98. The summed E-state index contributed by atoms with van der Waals surface area (Å²) in [6, 6.07) is 1.93. The van der Waals surface area contributed by atoms with Crippen LogP contribution in [0.2, 0.25) is 0 Å². The minimum absolute atomic E-state index is 0.445. The van der Waals surface area contributed by atoms with Crippen LogP contribution in [0.5, 0.6) is 0 Å². The molecule has 0 bridgehead atoms. The first-order valence-corrected chi connectivity index (χ1v) is 6.20. The first-order valence-electron chi connectivity index (χ1n) is 6.20. The highest BCUT2D eigenvalue weighted by molar-refractivity contribution is 4.84. The Morgan fingerprint density at radius 1 is 1.43 bits per heavy atom. The molecule has 2 heteroatoms. The fraction of sp³-hybridized carbons (Fsp3) is 1.00. The van der Waals surface area contributed by atoms with Crippen LogP contribution in [-0.2, 0) is 0 Å². The fourth-order valence-corrected chi connectivity index (χ4v) is 2.71. The monoisotopic (exact) mass is 198 g/mol. The largest absolute Gasteiger partial charge is 0.328 e. The molecule has 3 unspecified atom stereocenters. The number of piperidine rings is 1. The van der Waals surface area contributed by atoms with Crippen molar-refractivity contribution in [3.63, 3.8) is 0 Å². The van der Waals surface area contributed by atoms with Crippen molar-refractivity contribution in [3.8, 4) is 0 Å². The Morgan fingerprint density at radius 2 is 2.14 bits per heavy atom. The van der Waals surface area contributed by atoms with E-state index in [1.807, 2.05) is 0 Å². The Labute approximate surface area is 88.8 Å².